The van der Waals surface area contributed by atoms with Gasteiger partial charge in [-0.2, -0.15) is 0 Å². The number of carbonyl (C=O) groups is 1. The highest BCUT2D eigenvalue weighted by atomic mass is 16.1. The zero-order valence-corrected chi connectivity index (χ0v) is 12.9. The Balaban J connectivity index is 1.47. The molecule has 114 valence electrons. The molecule has 0 aliphatic carbocycles. The van der Waals surface area contributed by atoms with E-state index in [9.17, 15) is 4.79 Å². The molecule has 1 aliphatic rings. The summed E-state index contributed by atoms with van der Waals surface area (Å²) in [7, 11) is 0. The van der Waals surface area contributed by atoms with Crippen molar-refractivity contribution in [2.75, 3.05) is 19.6 Å². The quantitative estimate of drug-likeness (QED) is 0.781. The molecular weight excluding hydrogens is 270 g/mol. The van der Waals surface area contributed by atoms with Crippen LogP contribution in [-0.4, -0.2) is 30.3 Å². The Kier molecular flexibility index (Phi) is 5.02. The number of Topliss-reactive ketones (excluding diaryl/α,β-unsaturated/α-hetero) is 1. The molecule has 0 unspecified atom stereocenters. The van der Waals surface area contributed by atoms with Gasteiger partial charge in [0.2, 0.25) is 0 Å². The molecule has 0 spiro atoms. The number of likely N-dealkylation sites (tertiary alicyclic amines) is 1. The minimum absolute atomic E-state index is 0.204. The molecule has 0 amide bonds. The highest BCUT2D eigenvalue weighted by Crippen LogP contribution is 2.22. The van der Waals surface area contributed by atoms with Gasteiger partial charge in [0.05, 0.1) is 0 Å². The van der Waals surface area contributed by atoms with Crippen LogP contribution in [0, 0.1) is 5.92 Å². The Labute approximate surface area is 132 Å². The fourth-order valence-electron chi connectivity index (χ4n) is 3.19. The normalized spacial score (nSPS) is 16.5. The second kappa shape index (κ2) is 7.37. The lowest BCUT2D eigenvalue weighted by Gasteiger charge is -2.31. The molecule has 0 N–H and O–H groups in total. The first-order valence-electron chi connectivity index (χ1n) is 8.18. The molecule has 0 atom stereocenters. The van der Waals surface area contributed by atoms with Crippen LogP contribution in [0.5, 0.6) is 0 Å². The largest absolute Gasteiger partial charge is 0.303 e. The van der Waals surface area contributed by atoms with Crippen molar-refractivity contribution in [2.45, 2.75) is 19.3 Å². The minimum atomic E-state index is 0.204. The van der Waals surface area contributed by atoms with Gasteiger partial charge in [0.25, 0.3) is 0 Å². The average molecular weight is 293 g/mol. The molecule has 2 aromatic carbocycles. The molecule has 22 heavy (non-hydrogen) atoms. The number of hydrogen-bond acceptors (Lipinski definition) is 2. The van der Waals surface area contributed by atoms with Gasteiger partial charge >= 0.3 is 0 Å². The minimum Gasteiger partial charge on any atom is -0.303 e. The third kappa shape index (κ3) is 3.83. The van der Waals surface area contributed by atoms with Gasteiger partial charge in [-0.05, 0) is 37.9 Å². The van der Waals surface area contributed by atoms with Gasteiger partial charge in [0.1, 0.15) is 0 Å². The average Bonchev–Trinajstić information content (AvgIpc) is 2.61. The molecule has 0 saturated carbocycles. The monoisotopic (exact) mass is 293 g/mol. The SMILES string of the molecule is O=C(c1ccccc1)C1CCN(CCc2ccccc2)CC1. The van der Waals surface area contributed by atoms with Crippen molar-refractivity contribution >= 4 is 5.78 Å². The number of piperidine rings is 1. The number of carbonyl (C=O) groups excluding carboxylic acids is 1. The smallest absolute Gasteiger partial charge is 0.166 e. The van der Waals surface area contributed by atoms with E-state index in [1.54, 1.807) is 0 Å². The van der Waals surface area contributed by atoms with E-state index in [0.29, 0.717) is 5.78 Å². The molecule has 1 heterocycles. The van der Waals surface area contributed by atoms with Crippen molar-refractivity contribution < 1.29 is 4.79 Å². The van der Waals surface area contributed by atoms with Crippen LogP contribution >= 0.6 is 0 Å². The second-order valence-corrected chi connectivity index (χ2v) is 6.08. The van der Waals surface area contributed by atoms with Gasteiger partial charge in [-0.3, -0.25) is 4.79 Å². The molecule has 1 fully saturated rings. The fourth-order valence-corrected chi connectivity index (χ4v) is 3.19. The highest BCUT2D eigenvalue weighted by molar-refractivity contribution is 5.97. The van der Waals surface area contributed by atoms with Crippen molar-refractivity contribution in [1.82, 2.24) is 4.90 Å². The molecule has 2 aromatic rings. The number of ketones is 1. The van der Waals surface area contributed by atoms with Crippen LogP contribution < -0.4 is 0 Å². The Morgan fingerprint density at radius 2 is 1.50 bits per heavy atom. The van der Waals surface area contributed by atoms with Gasteiger partial charge < -0.3 is 4.90 Å². The highest BCUT2D eigenvalue weighted by Gasteiger charge is 2.25. The van der Waals surface area contributed by atoms with Crippen molar-refractivity contribution in [3.8, 4) is 0 Å². The van der Waals surface area contributed by atoms with E-state index in [-0.39, 0.29) is 5.92 Å². The number of rotatable bonds is 5. The zero-order chi connectivity index (χ0) is 15.2. The molecule has 3 rings (SSSR count). The molecule has 2 nitrogen and oxygen atoms in total. The molecule has 1 aliphatic heterocycles. The van der Waals surface area contributed by atoms with Crippen LogP contribution in [0.2, 0.25) is 0 Å². The molecule has 1 saturated heterocycles. The molecular formula is C20H23NO. The van der Waals surface area contributed by atoms with Crippen LogP contribution in [0.15, 0.2) is 60.7 Å². The van der Waals surface area contributed by atoms with E-state index in [2.05, 4.69) is 35.2 Å². The second-order valence-electron chi connectivity index (χ2n) is 6.08. The van der Waals surface area contributed by atoms with Crippen molar-refractivity contribution in [3.05, 3.63) is 71.8 Å². The maximum Gasteiger partial charge on any atom is 0.166 e. The van der Waals surface area contributed by atoms with Gasteiger partial charge in [-0.1, -0.05) is 60.7 Å². The van der Waals surface area contributed by atoms with E-state index < -0.39 is 0 Å². The third-order valence-corrected chi connectivity index (χ3v) is 4.58. The molecule has 2 heteroatoms. The van der Waals surface area contributed by atoms with E-state index in [1.807, 2.05) is 30.3 Å². The van der Waals surface area contributed by atoms with Crippen LogP contribution in [-0.2, 0) is 6.42 Å². The number of benzene rings is 2. The third-order valence-electron chi connectivity index (χ3n) is 4.58. The Morgan fingerprint density at radius 1 is 0.909 bits per heavy atom. The standard InChI is InChI=1S/C20H23NO/c22-20(18-9-5-2-6-10-18)19-12-15-21(16-13-19)14-11-17-7-3-1-4-8-17/h1-10,19H,11-16H2. The topological polar surface area (TPSA) is 20.3 Å². The molecule has 0 bridgehead atoms. The van der Waals surface area contributed by atoms with Gasteiger partial charge in [-0.25, -0.2) is 0 Å². The van der Waals surface area contributed by atoms with Crippen LogP contribution in [0.25, 0.3) is 0 Å². The van der Waals surface area contributed by atoms with Gasteiger partial charge in [-0.15, -0.1) is 0 Å². The lowest BCUT2D eigenvalue weighted by atomic mass is 9.89. The van der Waals surface area contributed by atoms with Crippen molar-refractivity contribution in [2.24, 2.45) is 5.92 Å². The summed E-state index contributed by atoms with van der Waals surface area (Å²) in [6, 6.07) is 20.4. The summed E-state index contributed by atoms with van der Waals surface area (Å²) in [5.74, 6) is 0.527. The van der Waals surface area contributed by atoms with E-state index in [1.165, 1.54) is 5.56 Å². The van der Waals surface area contributed by atoms with Crippen LogP contribution in [0.1, 0.15) is 28.8 Å². The Hall–Kier alpha value is -1.93. The summed E-state index contributed by atoms with van der Waals surface area (Å²) in [5.41, 5.74) is 2.26. The first kappa shape index (κ1) is 15.0. The van der Waals surface area contributed by atoms with Crippen molar-refractivity contribution in [3.63, 3.8) is 0 Å². The van der Waals surface area contributed by atoms with Gasteiger partial charge in [0, 0.05) is 18.0 Å². The lowest BCUT2D eigenvalue weighted by molar-refractivity contribution is 0.0841. The van der Waals surface area contributed by atoms with Crippen LogP contribution in [0.3, 0.4) is 0 Å². The van der Waals surface area contributed by atoms with E-state index in [4.69, 9.17) is 0 Å². The first-order valence-corrected chi connectivity index (χ1v) is 8.18. The van der Waals surface area contributed by atoms with E-state index >= 15 is 0 Å². The maximum absolute atomic E-state index is 12.5. The zero-order valence-electron chi connectivity index (χ0n) is 12.9. The molecule has 0 aromatic heterocycles. The first-order chi connectivity index (χ1) is 10.8. The predicted molar refractivity (Wildman–Crippen MR) is 90.1 cm³/mol. The summed E-state index contributed by atoms with van der Waals surface area (Å²) in [4.78, 5) is 15.0. The molecule has 0 radical (unpaired) electrons. The summed E-state index contributed by atoms with van der Waals surface area (Å²) in [6.45, 7) is 3.17. The lowest BCUT2D eigenvalue weighted by Crippen LogP contribution is -2.37. The predicted octanol–water partition coefficient (Wildman–Crippen LogP) is 3.82. The number of hydrogen-bond donors (Lipinski definition) is 0. The Morgan fingerprint density at radius 3 is 2.14 bits per heavy atom. The summed E-state index contributed by atoms with van der Waals surface area (Å²) >= 11 is 0. The Bertz CT molecular complexity index is 586. The summed E-state index contributed by atoms with van der Waals surface area (Å²) in [5, 5.41) is 0. The van der Waals surface area contributed by atoms with Crippen LogP contribution in [0.4, 0.5) is 0 Å². The maximum atomic E-state index is 12.5. The number of nitrogens with zero attached hydrogens (tertiary/aromatic N) is 1. The fraction of sp³-hybridized carbons (Fsp3) is 0.350. The van der Waals surface area contributed by atoms with E-state index in [0.717, 1.165) is 44.5 Å². The van der Waals surface area contributed by atoms with Crippen molar-refractivity contribution in [1.29, 1.82) is 0 Å². The van der Waals surface area contributed by atoms with Gasteiger partial charge in [0.15, 0.2) is 5.78 Å². The summed E-state index contributed by atoms with van der Waals surface area (Å²) in [6.07, 6.45) is 3.07. The summed E-state index contributed by atoms with van der Waals surface area (Å²) < 4.78 is 0.